The summed E-state index contributed by atoms with van der Waals surface area (Å²) in [5.41, 5.74) is 2.99. The van der Waals surface area contributed by atoms with E-state index >= 15 is 0 Å². The Hall–Kier alpha value is -2.93. The molecule has 2 aliphatic rings. The normalized spacial score (nSPS) is 32.0. The number of hydrogen-bond donors (Lipinski definition) is 8. The number of rotatable bonds is 16. The molecular weight excluding hydrogens is 670 g/mol. The number of aliphatic hydroxyl groups excluding tert-OH is 7. The minimum absolute atomic E-state index is 0.142. The van der Waals surface area contributed by atoms with Gasteiger partial charge in [-0.1, -0.05) is 49.0 Å². The van der Waals surface area contributed by atoms with Crippen LogP contribution in [0.2, 0.25) is 0 Å². The minimum atomic E-state index is -1.67. The van der Waals surface area contributed by atoms with E-state index in [4.69, 9.17) is 28.4 Å². The highest BCUT2D eigenvalue weighted by molar-refractivity contribution is 5.40. The second-order valence-electron chi connectivity index (χ2n) is 12.9. The van der Waals surface area contributed by atoms with Crippen LogP contribution in [0, 0.1) is 12.8 Å². The average molecular weight is 726 g/mol. The van der Waals surface area contributed by atoms with Gasteiger partial charge in [-0.3, -0.25) is 4.79 Å². The molecule has 0 saturated carbocycles. The molecular formula is C36H55NO14. The largest absolute Gasteiger partial charge is 0.488 e. The number of H-pyrrole nitrogens is 1. The third kappa shape index (κ3) is 10.6. The van der Waals surface area contributed by atoms with Crippen LogP contribution in [0.1, 0.15) is 45.4 Å². The summed E-state index contributed by atoms with van der Waals surface area (Å²) >= 11 is 0. The predicted octanol–water partition coefficient (Wildman–Crippen LogP) is 0.303. The van der Waals surface area contributed by atoms with E-state index in [-0.39, 0.29) is 23.0 Å². The number of aromatic nitrogens is 1. The van der Waals surface area contributed by atoms with Crippen LogP contribution in [0.3, 0.4) is 0 Å². The van der Waals surface area contributed by atoms with Gasteiger partial charge in [0.2, 0.25) is 17.1 Å². The molecule has 51 heavy (non-hydrogen) atoms. The Morgan fingerprint density at radius 3 is 2.14 bits per heavy atom. The second kappa shape index (κ2) is 19.8. The Morgan fingerprint density at radius 2 is 1.53 bits per heavy atom. The van der Waals surface area contributed by atoms with Crippen LogP contribution in [0.4, 0.5) is 0 Å². The highest BCUT2D eigenvalue weighted by Crippen LogP contribution is 2.29. The van der Waals surface area contributed by atoms with Crippen LogP contribution in [-0.4, -0.2) is 136 Å². The van der Waals surface area contributed by atoms with Gasteiger partial charge in [-0.2, -0.15) is 0 Å². The Kier molecular flexibility index (Phi) is 16.5. The summed E-state index contributed by atoms with van der Waals surface area (Å²) in [6, 6.07) is 0. The smallest absolute Gasteiger partial charge is 0.238 e. The Bertz CT molecular complexity index is 1440. The van der Waals surface area contributed by atoms with Crippen molar-refractivity contribution >= 4 is 0 Å². The number of aliphatic hydroxyl groups is 7. The van der Waals surface area contributed by atoms with Crippen molar-refractivity contribution in [2.45, 2.75) is 115 Å². The number of methoxy groups -OCH3 is 2. The molecule has 2 aliphatic heterocycles. The maximum absolute atomic E-state index is 12.6. The lowest BCUT2D eigenvalue weighted by atomic mass is 9.96. The second-order valence-corrected chi connectivity index (χ2v) is 12.9. The molecule has 0 aliphatic carbocycles. The molecule has 0 amide bonds. The van der Waals surface area contributed by atoms with Crippen molar-refractivity contribution in [3.05, 3.63) is 69.1 Å². The maximum atomic E-state index is 12.6. The SMILES string of the molecule is C/C=C(\C)[C@H](O[C@@H]1O[C@H](CO[C@H]2O[C@H](CO)[C@H](O)[C@H](O)[C@H]2O)[C@@H](O)[C@H](O)[C@H]1O)[C@H](C)/C=C/C=C/C/C(C)=C/Cc1[nH]c(OC)c(OC)c(=O)c1C. The van der Waals surface area contributed by atoms with Gasteiger partial charge in [-0.15, -0.1) is 0 Å². The fourth-order valence-corrected chi connectivity index (χ4v) is 5.78. The van der Waals surface area contributed by atoms with Crippen LogP contribution >= 0.6 is 0 Å². The van der Waals surface area contributed by atoms with E-state index in [1.807, 2.05) is 64.2 Å². The van der Waals surface area contributed by atoms with Gasteiger partial charge in [0.05, 0.1) is 33.5 Å². The quantitative estimate of drug-likeness (QED) is 0.0847. The van der Waals surface area contributed by atoms with Gasteiger partial charge in [0, 0.05) is 23.6 Å². The number of nitrogens with one attached hydrogen (secondary N) is 1. The van der Waals surface area contributed by atoms with Gasteiger partial charge in [0.25, 0.3) is 0 Å². The van der Waals surface area contributed by atoms with Gasteiger partial charge in [0.1, 0.15) is 48.8 Å². The Morgan fingerprint density at radius 1 is 0.902 bits per heavy atom. The molecule has 0 unspecified atom stereocenters. The third-order valence-corrected chi connectivity index (χ3v) is 9.24. The van der Waals surface area contributed by atoms with Gasteiger partial charge < -0.3 is 69.2 Å². The molecule has 8 N–H and O–H groups in total. The molecule has 1 aromatic heterocycles. The first-order valence-electron chi connectivity index (χ1n) is 16.9. The lowest BCUT2D eigenvalue weighted by Crippen LogP contribution is -2.62. The van der Waals surface area contributed by atoms with Crippen LogP contribution in [0.5, 0.6) is 11.6 Å². The zero-order valence-corrected chi connectivity index (χ0v) is 30.2. The molecule has 3 heterocycles. The highest BCUT2D eigenvalue weighted by Gasteiger charge is 2.48. The fourth-order valence-electron chi connectivity index (χ4n) is 5.78. The lowest BCUT2D eigenvalue weighted by Gasteiger charge is -2.43. The van der Waals surface area contributed by atoms with Crippen molar-refractivity contribution in [2.24, 2.45) is 5.92 Å². The summed E-state index contributed by atoms with van der Waals surface area (Å²) in [5, 5.41) is 71.8. The lowest BCUT2D eigenvalue weighted by molar-refractivity contribution is -0.335. The fraction of sp³-hybridized carbons (Fsp3) is 0.639. The van der Waals surface area contributed by atoms with Crippen molar-refractivity contribution in [3.8, 4) is 11.6 Å². The molecule has 15 heteroatoms. The summed E-state index contributed by atoms with van der Waals surface area (Å²) in [4.78, 5) is 15.7. The number of pyridine rings is 1. The first-order chi connectivity index (χ1) is 24.2. The van der Waals surface area contributed by atoms with Crippen molar-refractivity contribution in [2.75, 3.05) is 27.4 Å². The van der Waals surface area contributed by atoms with E-state index in [1.165, 1.54) is 14.2 Å². The van der Waals surface area contributed by atoms with Gasteiger partial charge >= 0.3 is 0 Å². The molecule has 0 bridgehead atoms. The van der Waals surface area contributed by atoms with E-state index in [0.29, 0.717) is 18.4 Å². The topological polar surface area (TPSA) is 230 Å². The summed E-state index contributed by atoms with van der Waals surface area (Å²) in [7, 11) is 2.89. The molecule has 2 fully saturated rings. The Labute approximate surface area is 298 Å². The minimum Gasteiger partial charge on any atom is -0.488 e. The average Bonchev–Trinajstić information content (AvgIpc) is 3.12. The van der Waals surface area contributed by atoms with Crippen molar-refractivity contribution in [1.82, 2.24) is 4.98 Å². The zero-order chi connectivity index (χ0) is 38.0. The van der Waals surface area contributed by atoms with Gasteiger partial charge in [0.15, 0.2) is 12.6 Å². The summed E-state index contributed by atoms with van der Waals surface area (Å²) < 4.78 is 33.3. The molecule has 288 valence electrons. The first-order valence-corrected chi connectivity index (χ1v) is 16.9. The molecule has 1 aromatic rings. The molecule has 0 radical (unpaired) electrons. The monoisotopic (exact) mass is 725 g/mol. The number of allylic oxidation sites excluding steroid dienone is 6. The third-order valence-electron chi connectivity index (χ3n) is 9.24. The van der Waals surface area contributed by atoms with Crippen molar-refractivity contribution in [1.29, 1.82) is 0 Å². The van der Waals surface area contributed by atoms with Crippen molar-refractivity contribution in [3.63, 3.8) is 0 Å². The van der Waals surface area contributed by atoms with Crippen LogP contribution in [0.15, 0.2) is 52.4 Å². The molecule has 2 saturated heterocycles. The first kappa shape index (κ1) is 42.5. The summed E-state index contributed by atoms with van der Waals surface area (Å²) in [6.45, 7) is 8.24. The summed E-state index contributed by atoms with van der Waals surface area (Å²) in [6.07, 6.45) is -2.94. The molecule has 0 aromatic carbocycles. The number of aromatic amines is 1. The predicted molar refractivity (Wildman–Crippen MR) is 185 cm³/mol. The number of ether oxygens (including phenoxy) is 6. The molecule has 3 rings (SSSR count). The Balaban J connectivity index is 1.62. The van der Waals surface area contributed by atoms with Gasteiger partial charge in [-0.05, 0) is 39.7 Å². The molecule has 0 spiro atoms. The van der Waals surface area contributed by atoms with E-state index in [1.54, 1.807) is 6.92 Å². The van der Waals surface area contributed by atoms with Crippen LogP contribution in [0.25, 0.3) is 0 Å². The maximum Gasteiger partial charge on any atom is 0.238 e. The van der Waals surface area contributed by atoms with E-state index in [9.17, 15) is 40.5 Å². The highest BCUT2D eigenvalue weighted by atomic mass is 16.7. The number of hydrogen-bond acceptors (Lipinski definition) is 14. The molecule has 15 nitrogen and oxygen atoms in total. The zero-order valence-electron chi connectivity index (χ0n) is 30.2. The van der Waals surface area contributed by atoms with E-state index in [2.05, 4.69) is 4.98 Å². The molecule has 12 atom stereocenters. The van der Waals surface area contributed by atoms with Crippen LogP contribution < -0.4 is 14.9 Å². The van der Waals surface area contributed by atoms with Crippen LogP contribution in [-0.2, 0) is 25.4 Å². The van der Waals surface area contributed by atoms with E-state index < -0.39 is 80.7 Å². The summed E-state index contributed by atoms with van der Waals surface area (Å²) in [5.74, 6) is 0.196. The van der Waals surface area contributed by atoms with Gasteiger partial charge in [-0.25, -0.2) is 0 Å². The van der Waals surface area contributed by atoms with Crippen molar-refractivity contribution < 1.29 is 64.2 Å². The van der Waals surface area contributed by atoms with E-state index in [0.717, 1.165) is 16.8 Å². The standard InChI is InChI=1S/C36H55NO14/c1-8-19(3)32(20(4)13-11-9-10-12-18(2)14-15-22-21(5)25(39)33(46-6)34(37-22)47-7)51-36-31(45)29(43)27(41)24(50-36)17-48-35-30(44)28(42)26(40)23(16-38)49-35/h8-11,13-14,20,23-24,26-32,35-36,38,40-45H,12,15-17H2,1-7H3,(H,37,39)/b10-9+,13-11+,18-14+,19-8+/t20-,23-,24-,26+,27-,28+,29+,30-,31-,32+,35+,36+/m1/s1.